The van der Waals surface area contributed by atoms with Gasteiger partial charge in [-0.15, -0.1) is 0 Å². The molecular weight excluding hydrogens is 356 g/mol. The summed E-state index contributed by atoms with van der Waals surface area (Å²) >= 11 is 0. The maximum Gasteiger partial charge on any atom is 0.335 e. The van der Waals surface area contributed by atoms with Crippen molar-refractivity contribution in [2.75, 3.05) is 13.7 Å². The fourth-order valence-electron chi connectivity index (χ4n) is 4.68. The summed E-state index contributed by atoms with van der Waals surface area (Å²) in [7, 11) is 1.75. The fraction of sp³-hybridized carbons (Fsp3) is 0.636. The van der Waals surface area contributed by atoms with Gasteiger partial charge in [0.1, 0.15) is 0 Å². The lowest BCUT2D eigenvalue weighted by Crippen LogP contribution is -2.59. The second-order valence-electron chi connectivity index (χ2n) is 7.73. The molecule has 0 aromatic heterocycles. The molecule has 2 rings (SSSR count). The van der Waals surface area contributed by atoms with Crippen molar-refractivity contribution < 1.29 is 19.4 Å². The Labute approximate surface area is 167 Å². The Hall–Kier alpha value is -1.92. The molecule has 0 saturated carbocycles. The Morgan fingerprint density at radius 1 is 1.25 bits per heavy atom. The molecule has 0 saturated heterocycles. The van der Waals surface area contributed by atoms with Crippen LogP contribution in [0.25, 0.3) is 0 Å². The summed E-state index contributed by atoms with van der Waals surface area (Å²) in [6.07, 6.45) is 5.77. The number of benzene rings is 1. The largest absolute Gasteiger partial charge is 0.478 e. The number of carbonyl (C=O) groups excluding carboxylic acids is 1. The predicted octanol–water partition coefficient (Wildman–Crippen LogP) is 3.02. The first kappa shape index (κ1) is 22.4. The molecule has 4 N–H and O–H groups in total. The molecular formula is C22H34N2O4. The Kier molecular flexibility index (Phi) is 8.01. The summed E-state index contributed by atoms with van der Waals surface area (Å²) in [5, 5.41) is 13.2. The SMILES string of the molecule is CCC1(CC)c2cc(C(=O)O)ccc2CC(OC)C1NCCCCCC(N)=O. The van der Waals surface area contributed by atoms with E-state index in [9.17, 15) is 14.7 Å². The number of aromatic carboxylic acids is 1. The van der Waals surface area contributed by atoms with Crippen LogP contribution in [0.2, 0.25) is 0 Å². The Bertz CT molecular complexity index is 685. The van der Waals surface area contributed by atoms with Gasteiger partial charge in [-0.1, -0.05) is 26.3 Å². The number of methoxy groups -OCH3 is 1. The summed E-state index contributed by atoms with van der Waals surface area (Å²) < 4.78 is 5.87. The third-order valence-electron chi connectivity index (χ3n) is 6.31. The van der Waals surface area contributed by atoms with Crippen LogP contribution in [-0.4, -0.2) is 42.8 Å². The van der Waals surface area contributed by atoms with Crippen molar-refractivity contribution in [1.29, 1.82) is 0 Å². The van der Waals surface area contributed by atoms with Crippen LogP contribution in [-0.2, 0) is 21.4 Å². The van der Waals surface area contributed by atoms with Gasteiger partial charge < -0.3 is 20.9 Å². The van der Waals surface area contributed by atoms with E-state index >= 15 is 0 Å². The predicted molar refractivity (Wildman–Crippen MR) is 110 cm³/mol. The molecule has 2 atom stereocenters. The highest BCUT2D eigenvalue weighted by Gasteiger charge is 2.46. The molecule has 156 valence electrons. The van der Waals surface area contributed by atoms with Gasteiger partial charge in [-0.25, -0.2) is 4.79 Å². The number of amides is 1. The van der Waals surface area contributed by atoms with Crippen molar-refractivity contribution in [3.05, 3.63) is 34.9 Å². The van der Waals surface area contributed by atoms with Gasteiger partial charge in [0.05, 0.1) is 11.7 Å². The molecule has 0 spiro atoms. The van der Waals surface area contributed by atoms with Gasteiger partial charge in [0, 0.05) is 31.4 Å². The van der Waals surface area contributed by atoms with Crippen LogP contribution < -0.4 is 11.1 Å². The van der Waals surface area contributed by atoms with Gasteiger partial charge >= 0.3 is 5.97 Å². The molecule has 1 aliphatic carbocycles. The highest BCUT2D eigenvalue weighted by molar-refractivity contribution is 5.88. The third-order valence-corrected chi connectivity index (χ3v) is 6.31. The zero-order chi connectivity index (χ0) is 20.7. The van der Waals surface area contributed by atoms with Gasteiger partial charge in [-0.05, 0) is 55.5 Å². The summed E-state index contributed by atoms with van der Waals surface area (Å²) in [4.78, 5) is 22.4. The zero-order valence-corrected chi connectivity index (χ0v) is 17.3. The van der Waals surface area contributed by atoms with Crippen LogP contribution in [0.5, 0.6) is 0 Å². The van der Waals surface area contributed by atoms with Crippen LogP contribution in [0.15, 0.2) is 18.2 Å². The zero-order valence-electron chi connectivity index (χ0n) is 17.3. The first-order valence-corrected chi connectivity index (χ1v) is 10.3. The van der Waals surface area contributed by atoms with Gasteiger partial charge in [0.15, 0.2) is 0 Å². The van der Waals surface area contributed by atoms with E-state index in [2.05, 4.69) is 19.2 Å². The number of nitrogens with one attached hydrogen (secondary N) is 1. The Morgan fingerprint density at radius 2 is 1.96 bits per heavy atom. The van der Waals surface area contributed by atoms with Crippen LogP contribution in [0.3, 0.4) is 0 Å². The van der Waals surface area contributed by atoms with Crippen molar-refractivity contribution in [3.8, 4) is 0 Å². The number of hydrogen-bond acceptors (Lipinski definition) is 4. The average molecular weight is 391 g/mol. The average Bonchev–Trinajstić information content (AvgIpc) is 2.69. The smallest absolute Gasteiger partial charge is 0.335 e. The summed E-state index contributed by atoms with van der Waals surface area (Å²) in [5.74, 6) is -1.14. The van der Waals surface area contributed by atoms with Gasteiger partial charge in [-0.3, -0.25) is 4.79 Å². The van der Waals surface area contributed by atoms with E-state index in [4.69, 9.17) is 10.5 Å². The molecule has 0 aliphatic heterocycles. The standard InChI is InChI=1S/C22H34N2O4/c1-4-22(5-2)17-13-16(21(26)27)11-10-15(17)14-18(28-3)20(22)24-12-8-6-7-9-19(23)25/h10-11,13,18,20,24H,4-9,12,14H2,1-3H3,(H2,23,25)(H,26,27). The van der Waals surface area contributed by atoms with Crippen molar-refractivity contribution in [2.45, 2.75) is 76.4 Å². The molecule has 6 nitrogen and oxygen atoms in total. The monoisotopic (exact) mass is 390 g/mol. The second kappa shape index (κ2) is 10.0. The fourth-order valence-corrected chi connectivity index (χ4v) is 4.68. The minimum atomic E-state index is -0.892. The number of primary amides is 1. The van der Waals surface area contributed by atoms with Gasteiger partial charge in [0.2, 0.25) is 5.91 Å². The second-order valence-corrected chi connectivity index (χ2v) is 7.73. The van der Waals surface area contributed by atoms with E-state index in [1.807, 2.05) is 12.1 Å². The molecule has 0 radical (unpaired) electrons. The normalized spacial score (nSPS) is 20.5. The van der Waals surface area contributed by atoms with Crippen molar-refractivity contribution in [2.24, 2.45) is 5.73 Å². The van der Waals surface area contributed by atoms with E-state index in [1.54, 1.807) is 13.2 Å². The summed E-state index contributed by atoms with van der Waals surface area (Å²) in [5.41, 5.74) is 7.68. The molecule has 28 heavy (non-hydrogen) atoms. The maximum absolute atomic E-state index is 11.5. The molecule has 0 fully saturated rings. The number of carboxylic acids is 1. The molecule has 1 aromatic carbocycles. The minimum absolute atomic E-state index is 0.0358. The van der Waals surface area contributed by atoms with Crippen molar-refractivity contribution in [3.63, 3.8) is 0 Å². The quantitative estimate of drug-likeness (QED) is 0.504. The lowest BCUT2D eigenvalue weighted by Gasteiger charge is -2.49. The van der Waals surface area contributed by atoms with E-state index < -0.39 is 5.97 Å². The summed E-state index contributed by atoms with van der Waals surface area (Å²) in [6.45, 7) is 5.17. The lowest BCUT2D eigenvalue weighted by molar-refractivity contribution is -0.118. The maximum atomic E-state index is 11.5. The highest BCUT2D eigenvalue weighted by atomic mass is 16.5. The number of unbranched alkanes of at least 4 members (excludes halogenated alkanes) is 2. The molecule has 0 bridgehead atoms. The van der Waals surface area contributed by atoms with E-state index in [1.165, 1.54) is 5.56 Å². The van der Waals surface area contributed by atoms with Crippen LogP contribution >= 0.6 is 0 Å². The van der Waals surface area contributed by atoms with Crippen LogP contribution in [0.4, 0.5) is 0 Å². The van der Waals surface area contributed by atoms with Gasteiger partial charge in [-0.2, -0.15) is 0 Å². The molecule has 1 aromatic rings. The number of carboxylic acid groups (broad SMARTS) is 1. The number of rotatable bonds is 11. The molecule has 1 amide bonds. The van der Waals surface area contributed by atoms with E-state index in [0.717, 1.165) is 50.6 Å². The molecule has 6 heteroatoms. The van der Waals surface area contributed by atoms with E-state index in [-0.39, 0.29) is 23.5 Å². The van der Waals surface area contributed by atoms with Crippen LogP contribution in [0, 0.1) is 0 Å². The number of carbonyl (C=O) groups is 2. The molecule has 2 unspecified atom stereocenters. The molecule has 0 heterocycles. The van der Waals surface area contributed by atoms with Crippen LogP contribution in [0.1, 0.15) is 73.9 Å². The number of nitrogens with two attached hydrogens (primary N) is 1. The number of ether oxygens (including phenoxy) is 1. The van der Waals surface area contributed by atoms with Crippen molar-refractivity contribution >= 4 is 11.9 Å². The summed E-state index contributed by atoms with van der Waals surface area (Å²) in [6, 6.07) is 5.61. The Morgan fingerprint density at radius 3 is 2.54 bits per heavy atom. The third kappa shape index (κ3) is 4.73. The number of hydrogen-bond donors (Lipinski definition) is 3. The Balaban J connectivity index is 2.23. The minimum Gasteiger partial charge on any atom is -0.478 e. The highest BCUT2D eigenvalue weighted by Crippen LogP contribution is 2.44. The number of fused-ring (bicyclic) bond motifs is 1. The van der Waals surface area contributed by atoms with E-state index in [0.29, 0.717) is 12.0 Å². The van der Waals surface area contributed by atoms with Gasteiger partial charge in [0.25, 0.3) is 0 Å². The first-order valence-electron chi connectivity index (χ1n) is 10.3. The lowest BCUT2D eigenvalue weighted by atomic mass is 9.62. The molecule has 1 aliphatic rings. The van der Waals surface area contributed by atoms with Crippen molar-refractivity contribution in [1.82, 2.24) is 5.32 Å². The first-order chi connectivity index (χ1) is 13.4. The topological polar surface area (TPSA) is 102 Å².